The highest BCUT2D eigenvalue weighted by molar-refractivity contribution is 6.51. The number of nitrogens with one attached hydrogen (secondary N) is 1. The summed E-state index contributed by atoms with van der Waals surface area (Å²) in [5.41, 5.74) is 4.59. The second-order valence-corrected chi connectivity index (χ2v) is 8.40. The van der Waals surface area contributed by atoms with Crippen LogP contribution in [-0.4, -0.2) is 33.9 Å². The molecule has 3 heterocycles. The number of H-pyrrole nitrogens is 1. The summed E-state index contributed by atoms with van der Waals surface area (Å²) >= 11 is 0. The molecule has 1 amide bonds. The molecule has 0 aliphatic carbocycles. The number of furan rings is 1. The number of benzene rings is 2. The summed E-state index contributed by atoms with van der Waals surface area (Å²) in [6.45, 7) is 5.82. The number of rotatable bonds is 4. The van der Waals surface area contributed by atoms with Gasteiger partial charge in [-0.25, -0.2) is 4.98 Å². The largest absolute Gasteiger partial charge is 0.507 e. The van der Waals surface area contributed by atoms with Gasteiger partial charge in [0, 0.05) is 0 Å². The molecule has 0 radical (unpaired) electrons. The zero-order valence-corrected chi connectivity index (χ0v) is 19.2. The average Bonchev–Trinajstić information content (AvgIpc) is 3.53. The Kier molecular flexibility index (Phi) is 5.01. The Bertz CT molecular complexity index is 1440. The van der Waals surface area contributed by atoms with Crippen LogP contribution in [0.4, 0.5) is 5.95 Å². The van der Waals surface area contributed by atoms with E-state index in [0.29, 0.717) is 22.6 Å². The van der Waals surface area contributed by atoms with E-state index in [-0.39, 0.29) is 17.3 Å². The molecule has 4 aromatic rings. The highest BCUT2D eigenvalue weighted by Crippen LogP contribution is 2.43. The maximum atomic E-state index is 13.3. The molecule has 0 spiro atoms. The summed E-state index contributed by atoms with van der Waals surface area (Å²) < 4.78 is 11.0. The highest BCUT2D eigenvalue weighted by Gasteiger charge is 2.49. The quantitative estimate of drug-likeness (QED) is 0.261. The number of carbonyl (C=O) groups is 2. The minimum absolute atomic E-state index is 0.100. The van der Waals surface area contributed by atoms with E-state index in [9.17, 15) is 14.7 Å². The van der Waals surface area contributed by atoms with E-state index < -0.39 is 17.7 Å². The third-order valence-electron chi connectivity index (χ3n) is 6.18. The fourth-order valence-electron chi connectivity index (χ4n) is 4.29. The number of nitrogens with zero attached hydrogens (tertiary/aromatic N) is 2. The van der Waals surface area contributed by atoms with Crippen LogP contribution in [0, 0.1) is 20.8 Å². The molecule has 0 saturated carbocycles. The summed E-state index contributed by atoms with van der Waals surface area (Å²) in [6, 6.07) is 11.4. The lowest BCUT2D eigenvalue weighted by atomic mass is 9.98. The smallest absolute Gasteiger partial charge is 0.302 e. The Morgan fingerprint density at radius 1 is 1.12 bits per heavy atom. The number of carbonyl (C=O) groups excluding carboxylic acids is 2. The zero-order valence-electron chi connectivity index (χ0n) is 19.2. The van der Waals surface area contributed by atoms with Gasteiger partial charge in [-0.15, -0.1) is 0 Å². The zero-order chi connectivity index (χ0) is 24.1. The first kappa shape index (κ1) is 21.5. The first-order chi connectivity index (χ1) is 16.3. The number of anilines is 1. The van der Waals surface area contributed by atoms with Crippen LogP contribution in [0.15, 0.2) is 58.7 Å². The predicted molar refractivity (Wildman–Crippen MR) is 127 cm³/mol. The molecule has 8 heteroatoms. The molecule has 1 fully saturated rings. The van der Waals surface area contributed by atoms with Gasteiger partial charge in [0.2, 0.25) is 5.95 Å². The number of amides is 1. The molecule has 2 aromatic carbocycles. The first-order valence-electron chi connectivity index (χ1n) is 10.8. The van der Waals surface area contributed by atoms with Gasteiger partial charge in [-0.3, -0.25) is 14.5 Å². The maximum Gasteiger partial charge on any atom is 0.302 e. The normalized spacial score (nSPS) is 17.6. The second-order valence-electron chi connectivity index (χ2n) is 8.40. The van der Waals surface area contributed by atoms with Crippen molar-refractivity contribution in [2.24, 2.45) is 0 Å². The van der Waals surface area contributed by atoms with Gasteiger partial charge in [0.15, 0.2) is 0 Å². The Morgan fingerprint density at radius 3 is 2.59 bits per heavy atom. The van der Waals surface area contributed by atoms with Crippen LogP contribution < -0.4 is 9.64 Å². The highest BCUT2D eigenvalue weighted by atomic mass is 16.5. The summed E-state index contributed by atoms with van der Waals surface area (Å²) in [5.74, 6) is -1.11. The van der Waals surface area contributed by atoms with Crippen LogP contribution in [0.2, 0.25) is 0 Å². The third kappa shape index (κ3) is 3.26. The van der Waals surface area contributed by atoms with E-state index in [4.69, 9.17) is 9.15 Å². The van der Waals surface area contributed by atoms with Gasteiger partial charge >= 0.3 is 5.91 Å². The SMILES string of the molecule is COc1ccc(C)cc1/C(O)=C1\C(=O)C(=O)N(c2nc3cc(C)c(C)cc3[nH]2)C1c1ccco1. The molecule has 1 aliphatic rings. The average molecular weight is 457 g/mol. The Morgan fingerprint density at radius 2 is 1.88 bits per heavy atom. The number of fused-ring (bicyclic) bond motifs is 1. The van der Waals surface area contributed by atoms with E-state index in [0.717, 1.165) is 22.2 Å². The molecule has 2 N–H and O–H groups in total. The maximum absolute atomic E-state index is 13.3. The van der Waals surface area contributed by atoms with Gasteiger partial charge in [0.25, 0.3) is 5.78 Å². The molecule has 1 atom stereocenters. The number of ether oxygens (including phenoxy) is 1. The summed E-state index contributed by atoms with van der Waals surface area (Å²) in [7, 11) is 1.47. The van der Waals surface area contributed by atoms with Crippen molar-refractivity contribution in [3.8, 4) is 5.75 Å². The molecule has 1 saturated heterocycles. The number of ketones is 1. The van der Waals surface area contributed by atoms with Gasteiger partial charge in [-0.2, -0.15) is 0 Å². The summed E-state index contributed by atoms with van der Waals surface area (Å²) in [6.07, 6.45) is 1.45. The van der Waals surface area contributed by atoms with Crippen molar-refractivity contribution in [3.63, 3.8) is 0 Å². The van der Waals surface area contributed by atoms with Crippen molar-refractivity contribution in [2.75, 3.05) is 12.0 Å². The van der Waals surface area contributed by atoms with Crippen molar-refractivity contribution in [1.82, 2.24) is 9.97 Å². The Hall–Kier alpha value is -4.33. The fourth-order valence-corrected chi connectivity index (χ4v) is 4.29. The number of hydrogen-bond donors (Lipinski definition) is 2. The van der Waals surface area contributed by atoms with Crippen LogP contribution >= 0.6 is 0 Å². The number of hydrogen-bond acceptors (Lipinski definition) is 6. The molecule has 1 aliphatic heterocycles. The molecule has 34 heavy (non-hydrogen) atoms. The van der Waals surface area contributed by atoms with Crippen molar-refractivity contribution < 1.29 is 23.8 Å². The van der Waals surface area contributed by atoms with Crippen molar-refractivity contribution in [3.05, 3.63) is 82.3 Å². The predicted octanol–water partition coefficient (Wildman–Crippen LogP) is 4.72. The lowest BCUT2D eigenvalue weighted by Crippen LogP contribution is -2.30. The molecule has 2 aromatic heterocycles. The first-order valence-corrected chi connectivity index (χ1v) is 10.8. The van der Waals surface area contributed by atoms with E-state index >= 15 is 0 Å². The van der Waals surface area contributed by atoms with E-state index in [1.807, 2.05) is 39.0 Å². The van der Waals surface area contributed by atoms with E-state index in [2.05, 4.69) is 9.97 Å². The van der Waals surface area contributed by atoms with Crippen molar-refractivity contribution >= 4 is 34.4 Å². The molecular formula is C26H23N3O5. The number of aryl methyl sites for hydroxylation is 3. The molecular weight excluding hydrogens is 434 g/mol. The van der Waals surface area contributed by atoms with Gasteiger partial charge in [-0.1, -0.05) is 11.6 Å². The van der Waals surface area contributed by atoms with Gasteiger partial charge in [-0.05, 0) is 68.3 Å². The van der Waals surface area contributed by atoms with Crippen molar-refractivity contribution in [1.29, 1.82) is 0 Å². The number of Topliss-reactive ketones (excluding diaryl/α,β-unsaturated/α-hetero) is 1. The molecule has 5 rings (SSSR count). The molecule has 8 nitrogen and oxygen atoms in total. The van der Waals surface area contributed by atoms with Crippen LogP contribution in [-0.2, 0) is 9.59 Å². The fraction of sp³-hybridized carbons (Fsp3) is 0.192. The summed E-state index contributed by atoms with van der Waals surface area (Å²) in [4.78, 5) is 35.5. The molecule has 172 valence electrons. The van der Waals surface area contributed by atoms with Crippen LogP contribution in [0.3, 0.4) is 0 Å². The lowest BCUT2D eigenvalue weighted by Gasteiger charge is -2.21. The Labute approximate surface area is 195 Å². The number of aromatic amines is 1. The topological polar surface area (TPSA) is 109 Å². The van der Waals surface area contributed by atoms with Crippen LogP contribution in [0.5, 0.6) is 5.75 Å². The molecule has 0 bridgehead atoms. The van der Waals surface area contributed by atoms with Crippen molar-refractivity contribution in [2.45, 2.75) is 26.8 Å². The minimum Gasteiger partial charge on any atom is -0.507 e. The number of aliphatic hydroxyl groups is 1. The van der Waals surface area contributed by atoms with Gasteiger partial charge in [0.1, 0.15) is 23.3 Å². The van der Waals surface area contributed by atoms with Crippen LogP contribution in [0.1, 0.15) is 34.1 Å². The molecule has 1 unspecified atom stereocenters. The lowest BCUT2D eigenvalue weighted by molar-refractivity contribution is -0.132. The number of methoxy groups -OCH3 is 1. The van der Waals surface area contributed by atoms with Gasteiger partial charge < -0.3 is 19.2 Å². The van der Waals surface area contributed by atoms with E-state index in [1.54, 1.807) is 24.3 Å². The third-order valence-corrected chi connectivity index (χ3v) is 6.18. The Balaban J connectivity index is 1.74. The number of imidazole rings is 1. The minimum atomic E-state index is -1.01. The van der Waals surface area contributed by atoms with Crippen LogP contribution in [0.25, 0.3) is 16.8 Å². The number of aliphatic hydroxyl groups excluding tert-OH is 1. The standard InChI is InChI=1S/C26H23N3O5/c1-13-7-8-19(33-4)16(10-13)23(30)21-22(20-6-5-9-34-20)29(25(32)24(21)31)26-27-17-11-14(2)15(3)12-18(17)28-26/h5-12,22,30H,1-4H3,(H,27,28)/b23-21+. The van der Waals surface area contributed by atoms with E-state index in [1.165, 1.54) is 18.3 Å². The monoisotopic (exact) mass is 457 g/mol. The summed E-state index contributed by atoms with van der Waals surface area (Å²) in [5, 5.41) is 11.3. The second kappa shape index (κ2) is 7.91. The number of aromatic nitrogens is 2. The van der Waals surface area contributed by atoms with Gasteiger partial charge in [0.05, 0.1) is 35.5 Å².